The predicted octanol–water partition coefficient (Wildman–Crippen LogP) is 6.07. The van der Waals surface area contributed by atoms with Gasteiger partial charge in [-0.05, 0) is 49.0 Å². The molecular formula is C29H29Cl2N5O3. The van der Waals surface area contributed by atoms with Crippen LogP contribution in [0.3, 0.4) is 0 Å². The first-order valence-electron chi connectivity index (χ1n) is 12.6. The number of ether oxygens (including phenoxy) is 1. The highest BCUT2D eigenvalue weighted by atomic mass is 35.5. The summed E-state index contributed by atoms with van der Waals surface area (Å²) in [7, 11) is 0. The molecule has 0 aliphatic carbocycles. The second-order valence-corrected chi connectivity index (χ2v) is 9.56. The number of halogens is 2. The topological polar surface area (TPSA) is 89.3 Å². The number of hydrogen-bond donors (Lipinski definition) is 1. The summed E-state index contributed by atoms with van der Waals surface area (Å²) in [5.41, 5.74) is 2.10. The molecule has 4 rings (SSSR count). The Balaban J connectivity index is 1.68. The van der Waals surface area contributed by atoms with Crippen molar-refractivity contribution in [2.45, 2.75) is 33.5 Å². The molecule has 1 N–H and O–H groups in total. The molecule has 0 fully saturated rings. The number of nitrogens with zero attached hydrogens (tertiary/aromatic N) is 4. The molecule has 0 radical (unpaired) electrons. The lowest BCUT2D eigenvalue weighted by Crippen LogP contribution is -2.27. The van der Waals surface area contributed by atoms with E-state index in [4.69, 9.17) is 27.9 Å². The van der Waals surface area contributed by atoms with Crippen LogP contribution in [0.15, 0.2) is 72.8 Å². The van der Waals surface area contributed by atoms with Gasteiger partial charge in [-0.3, -0.25) is 14.3 Å². The van der Waals surface area contributed by atoms with E-state index in [0.29, 0.717) is 45.1 Å². The zero-order valence-corrected chi connectivity index (χ0v) is 23.2. The third-order valence-electron chi connectivity index (χ3n) is 6.22. The van der Waals surface area contributed by atoms with E-state index >= 15 is 0 Å². The molecule has 3 aromatic carbocycles. The standard InChI is InChI=1S/C29H29Cl2N5O3/c1-3-35(4-2)18-27-34-33-26(17-32-29(38)39-19-20-10-6-5-7-11-20)36(27)25-15-14-21(30)16-23(25)28(37)22-12-8-9-13-24(22)31/h5-16H,3-4,17-19H2,1-2H3,(H,32,38). The zero-order valence-electron chi connectivity index (χ0n) is 21.7. The second-order valence-electron chi connectivity index (χ2n) is 8.71. The SMILES string of the molecule is CCN(CC)Cc1nnc(CNC(=O)OCc2ccccc2)n1-c1ccc(Cl)cc1C(=O)c1ccccc1Cl. The Kier molecular flexibility index (Phi) is 9.70. The van der Waals surface area contributed by atoms with Gasteiger partial charge in [-0.15, -0.1) is 10.2 Å². The van der Waals surface area contributed by atoms with E-state index in [1.165, 1.54) is 0 Å². The molecule has 0 unspecified atom stereocenters. The van der Waals surface area contributed by atoms with Crippen molar-refractivity contribution >= 4 is 35.1 Å². The van der Waals surface area contributed by atoms with Gasteiger partial charge in [-0.2, -0.15) is 0 Å². The molecule has 0 spiro atoms. The van der Waals surface area contributed by atoms with Crippen molar-refractivity contribution < 1.29 is 14.3 Å². The highest BCUT2D eigenvalue weighted by molar-refractivity contribution is 6.35. The molecule has 8 nitrogen and oxygen atoms in total. The molecule has 1 heterocycles. The Morgan fingerprint density at radius 1 is 0.897 bits per heavy atom. The number of hydrogen-bond acceptors (Lipinski definition) is 6. The van der Waals surface area contributed by atoms with Crippen LogP contribution < -0.4 is 5.32 Å². The molecule has 0 atom stereocenters. The van der Waals surface area contributed by atoms with E-state index in [-0.39, 0.29) is 18.9 Å². The van der Waals surface area contributed by atoms with E-state index in [2.05, 4.69) is 34.3 Å². The van der Waals surface area contributed by atoms with Gasteiger partial charge in [0.2, 0.25) is 0 Å². The molecule has 0 saturated carbocycles. The van der Waals surface area contributed by atoms with Crippen molar-refractivity contribution in [1.29, 1.82) is 0 Å². The van der Waals surface area contributed by atoms with Crippen LogP contribution in [0.2, 0.25) is 10.0 Å². The van der Waals surface area contributed by atoms with Crippen molar-refractivity contribution in [2.24, 2.45) is 0 Å². The fraction of sp³-hybridized carbons (Fsp3) is 0.241. The van der Waals surface area contributed by atoms with E-state index in [1.807, 2.05) is 30.3 Å². The van der Waals surface area contributed by atoms with Gasteiger partial charge in [-0.1, -0.05) is 79.5 Å². The minimum atomic E-state index is -0.595. The van der Waals surface area contributed by atoms with E-state index in [9.17, 15) is 9.59 Å². The Morgan fingerprint density at radius 3 is 2.31 bits per heavy atom. The molecule has 0 aliphatic heterocycles. The number of benzene rings is 3. The summed E-state index contributed by atoms with van der Waals surface area (Å²) in [6, 6.07) is 21.3. The Morgan fingerprint density at radius 2 is 1.59 bits per heavy atom. The molecule has 39 heavy (non-hydrogen) atoms. The lowest BCUT2D eigenvalue weighted by molar-refractivity contribution is 0.103. The van der Waals surface area contributed by atoms with Crippen LogP contribution in [0.4, 0.5) is 4.79 Å². The maximum absolute atomic E-state index is 13.7. The Hall–Kier alpha value is -3.72. The largest absolute Gasteiger partial charge is 0.445 e. The number of ketones is 1. The van der Waals surface area contributed by atoms with Crippen molar-refractivity contribution in [3.05, 3.63) is 111 Å². The van der Waals surface area contributed by atoms with Gasteiger partial charge in [0.05, 0.1) is 23.8 Å². The van der Waals surface area contributed by atoms with Crippen LogP contribution >= 0.6 is 23.2 Å². The fourth-order valence-electron chi connectivity index (χ4n) is 4.10. The number of rotatable bonds is 11. The number of carbonyl (C=O) groups is 2. The highest BCUT2D eigenvalue weighted by Gasteiger charge is 2.23. The minimum absolute atomic E-state index is 0.0290. The smallest absolute Gasteiger partial charge is 0.407 e. The normalized spacial score (nSPS) is 11.0. The van der Waals surface area contributed by atoms with E-state index in [0.717, 1.165) is 18.7 Å². The van der Waals surface area contributed by atoms with Gasteiger partial charge in [0.1, 0.15) is 6.61 Å². The van der Waals surface area contributed by atoms with Crippen molar-refractivity contribution in [3.8, 4) is 5.69 Å². The maximum Gasteiger partial charge on any atom is 0.407 e. The second kappa shape index (κ2) is 13.4. The number of nitrogens with one attached hydrogen (secondary N) is 1. The lowest BCUT2D eigenvalue weighted by Gasteiger charge is -2.20. The van der Waals surface area contributed by atoms with Crippen molar-refractivity contribution in [1.82, 2.24) is 25.0 Å². The predicted molar refractivity (Wildman–Crippen MR) is 151 cm³/mol. The fourth-order valence-corrected chi connectivity index (χ4v) is 4.49. The van der Waals surface area contributed by atoms with Crippen LogP contribution in [0.1, 0.15) is 47.0 Å². The van der Waals surface area contributed by atoms with Gasteiger partial charge < -0.3 is 10.1 Å². The molecule has 10 heteroatoms. The van der Waals surface area contributed by atoms with Crippen LogP contribution in [-0.2, 0) is 24.4 Å². The lowest BCUT2D eigenvalue weighted by atomic mass is 10.0. The third-order valence-corrected chi connectivity index (χ3v) is 6.79. The quantitative estimate of drug-likeness (QED) is 0.222. The number of carbonyl (C=O) groups excluding carboxylic acids is 2. The molecule has 0 bridgehead atoms. The highest BCUT2D eigenvalue weighted by Crippen LogP contribution is 2.27. The summed E-state index contributed by atoms with van der Waals surface area (Å²) in [5, 5.41) is 12.3. The first-order chi connectivity index (χ1) is 18.9. The summed E-state index contributed by atoms with van der Waals surface area (Å²) in [6.07, 6.45) is -0.595. The molecule has 0 aliphatic rings. The summed E-state index contributed by atoms with van der Waals surface area (Å²) < 4.78 is 7.14. The van der Waals surface area contributed by atoms with E-state index < -0.39 is 6.09 Å². The van der Waals surface area contributed by atoms with Crippen LogP contribution in [-0.4, -0.2) is 44.6 Å². The number of amides is 1. The maximum atomic E-state index is 13.7. The van der Waals surface area contributed by atoms with Crippen molar-refractivity contribution in [3.63, 3.8) is 0 Å². The van der Waals surface area contributed by atoms with Crippen LogP contribution in [0.5, 0.6) is 0 Å². The number of alkyl carbamates (subject to hydrolysis) is 1. The van der Waals surface area contributed by atoms with Crippen LogP contribution in [0.25, 0.3) is 5.69 Å². The first-order valence-corrected chi connectivity index (χ1v) is 13.4. The molecular weight excluding hydrogens is 537 g/mol. The summed E-state index contributed by atoms with van der Waals surface area (Å²) >= 11 is 12.7. The average Bonchev–Trinajstić information content (AvgIpc) is 3.36. The molecule has 4 aromatic rings. The van der Waals surface area contributed by atoms with Gasteiger partial charge in [0, 0.05) is 16.1 Å². The third kappa shape index (κ3) is 7.03. The van der Waals surface area contributed by atoms with E-state index in [1.54, 1.807) is 47.0 Å². The first kappa shape index (κ1) is 28.3. The average molecular weight is 566 g/mol. The number of aromatic nitrogens is 3. The van der Waals surface area contributed by atoms with Gasteiger partial charge in [0.15, 0.2) is 17.4 Å². The van der Waals surface area contributed by atoms with Gasteiger partial charge >= 0.3 is 6.09 Å². The summed E-state index contributed by atoms with van der Waals surface area (Å²) in [5.74, 6) is 0.759. The molecule has 1 amide bonds. The molecule has 202 valence electrons. The summed E-state index contributed by atoms with van der Waals surface area (Å²) in [6.45, 7) is 6.37. The van der Waals surface area contributed by atoms with Crippen LogP contribution in [0, 0.1) is 0 Å². The van der Waals surface area contributed by atoms with Gasteiger partial charge in [0.25, 0.3) is 0 Å². The van der Waals surface area contributed by atoms with Crippen molar-refractivity contribution in [2.75, 3.05) is 13.1 Å². The zero-order chi connectivity index (χ0) is 27.8. The summed E-state index contributed by atoms with van der Waals surface area (Å²) in [4.78, 5) is 28.3. The monoisotopic (exact) mass is 565 g/mol. The minimum Gasteiger partial charge on any atom is -0.445 e. The molecule has 1 aromatic heterocycles. The molecule has 0 saturated heterocycles. The Labute approximate surface area is 237 Å². The van der Waals surface area contributed by atoms with Gasteiger partial charge in [-0.25, -0.2) is 4.79 Å². The Bertz CT molecular complexity index is 1440.